The van der Waals surface area contributed by atoms with Crippen LogP contribution in [0.5, 0.6) is 0 Å². The molecule has 8 heteroatoms. The second-order valence-electron chi connectivity index (χ2n) is 4.94. The maximum atomic E-state index is 11.0. The lowest BCUT2D eigenvalue weighted by Crippen LogP contribution is -2.02. The predicted octanol–water partition coefficient (Wildman–Crippen LogP) is 3.40. The van der Waals surface area contributed by atoms with Crippen molar-refractivity contribution in [1.82, 2.24) is 0 Å². The molecule has 0 amide bonds. The number of benzene rings is 1. The van der Waals surface area contributed by atoms with Crippen LogP contribution in [0.4, 0.5) is 17.1 Å². The second kappa shape index (κ2) is 7.17. The molecule has 118 valence electrons. The third-order valence-electron chi connectivity index (χ3n) is 3.48. The van der Waals surface area contributed by atoms with Crippen molar-refractivity contribution in [3.8, 4) is 12.3 Å². The Morgan fingerprint density at radius 3 is 2.61 bits per heavy atom. The molecule has 0 saturated carbocycles. The van der Waals surface area contributed by atoms with Crippen LogP contribution >= 0.6 is 0 Å². The topological polar surface area (TPSA) is 111 Å². The highest BCUT2D eigenvalue weighted by atomic mass is 16.6. The maximum Gasteiger partial charge on any atom is 0.301 e. The van der Waals surface area contributed by atoms with Crippen molar-refractivity contribution in [3.63, 3.8) is 0 Å². The van der Waals surface area contributed by atoms with E-state index in [0.717, 1.165) is 42.9 Å². The summed E-state index contributed by atoms with van der Waals surface area (Å²) in [5.41, 5.74) is 3.69. The van der Waals surface area contributed by atoms with E-state index in [1.807, 2.05) is 0 Å². The van der Waals surface area contributed by atoms with E-state index in [4.69, 9.17) is 6.42 Å². The zero-order valence-electron chi connectivity index (χ0n) is 12.2. The molecule has 0 aliphatic heterocycles. The van der Waals surface area contributed by atoms with Crippen LogP contribution < -0.4 is 5.43 Å². The first-order valence-electron chi connectivity index (χ1n) is 6.93. The Morgan fingerprint density at radius 2 is 1.96 bits per heavy atom. The summed E-state index contributed by atoms with van der Waals surface area (Å²) in [6, 6.07) is 3.33. The van der Waals surface area contributed by atoms with Gasteiger partial charge in [0, 0.05) is 11.6 Å². The van der Waals surface area contributed by atoms with Gasteiger partial charge in [0.15, 0.2) is 0 Å². The Labute approximate surface area is 132 Å². The highest BCUT2D eigenvalue weighted by Gasteiger charge is 2.19. The zero-order chi connectivity index (χ0) is 16.8. The molecular formula is C15H14N4O4. The number of hydrazone groups is 1. The van der Waals surface area contributed by atoms with Gasteiger partial charge in [0.25, 0.3) is 5.69 Å². The molecular weight excluding hydrogens is 300 g/mol. The second-order valence-corrected chi connectivity index (χ2v) is 4.94. The highest BCUT2D eigenvalue weighted by Crippen LogP contribution is 2.29. The smallest absolute Gasteiger partial charge is 0.272 e. The molecule has 0 atom stereocenters. The maximum absolute atomic E-state index is 11.0. The number of non-ortho nitro benzene ring substituents is 1. The SMILES string of the molecule is C#CC1=C(/C=N\Nc2ccc([N+](=O)[O-])cc2[N+](=O)[O-])CCCC1. The molecule has 0 aromatic heterocycles. The molecule has 23 heavy (non-hydrogen) atoms. The average molecular weight is 314 g/mol. The molecule has 1 aliphatic rings. The number of nitrogens with zero attached hydrogens (tertiary/aromatic N) is 3. The van der Waals surface area contributed by atoms with Gasteiger partial charge < -0.3 is 0 Å². The van der Waals surface area contributed by atoms with Gasteiger partial charge in [-0.05, 0) is 37.3 Å². The van der Waals surface area contributed by atoms with Crippen LogP contribution in [0, 0.1) is 32.6 Å². The molecule has 0 unspecified atom stereocenters. The normalized spacial score (nSPS) is 14.6. The van der Waals surface area contributed by atoms with Crippen LogP contribution in [0.3, 0.4) is 0 Å². The van der Waals surface area contributed by atoms with Gasteiger partial charge in [-0.25, -0.2) is 0 Å². The minimum atomic E-state index is -0.697. The Balaban J connectivity index is 2.22. The minimum absolute atomic E-state index is 0.0792. The molecule has 0 saturated heterocycles. The standard InChI is InChI=1S/C15H14N4O4/c1-2-11-5-3-4-6-12(11)10-16-17-14-8-7-13(18(20)21)9-15(14)19(22)23/h1,7-10,17H,3-6H2/b16-10-. The van der Waals surface area contributed by atoms with E-state index in [2.05, 4.69) is 16.4 Å². The number of nitro benzene ring substituents is 2. The van der Waals surface area contributed by atoms with E-state index in [-0.39, 0.29) is 11.4 Å². The van der Waals surface area contributed by atoms with Gasteiger partial charge in [-0.1, -0.05) is 5.92 Å². The van der Waals surface area contributed by atoms with Gasteiger partial charge in [-0.3, -0.25) is 25.7 Å². The van der Waals surface area contributed by atoms with E-state index in [1.165, 1.54) is 12.1 Å². The summed E-state index contributed by atoms with van der Waals surface area (Å²) in [6.07, 6.45) is 10.7. The fraction of sp³-hybridized carbons (Fsp3) is 0.267. The lowest BCUT2D eigenvalue weighted by Gasteiger charge is -2.12. The molecule has 0 bridgehead atoms. The Kier molecular flexibility index (Phi) is 5.04. The monoisotopic (exact) mass is 314 g/mol. The zero-order valence-corrected chi connectivity index (χ0v) is 12.2. The minimum Gasteiger partial charge on any atom is -0.272 e. The molecule has 0 fully saturated rings. The van der Waals surface area contributed by atoms with Crippen molar-refractivity contribution in [2.75, 3.05) is 5.43 Å². The fourth-order valence-electron chi connectivity index (χ4n) is 2.29. The van der Waals surface area contributed by atoms with Crippen molar-refractivity contribution in [1.29, 1.82) is 0 Å². The van der Waals surface area contributed by atoms with Crippen LogP contribution in [-0.4, -0.2) is 16.1 Å². The number of hydrogen-bond acceptors (Lipinski definition) is 6. The van der Waals surface area contributed by atoms with Crippen molar-refractivity contribution < 1.29 is 9.85 Å². The van der Waals surface area contributed by atoms with Crippen molar-refractivity contribution in [2.45, 2.75) is 25.7 Å². The molecule has 1 N–H and O–H groups in total. The van der Waals surface area contributed by atoms with Crippen molar-refractivity contribution in [3.05, 3.63) is 49.6 Å². The molecule has 0 spiro atoms. The van der Waals surface area contributed by atoms with Crippen LogP contribution in [0.15, 0.2) is 34.4 Å². The molecule has 1 aliphatic carbocycles. The van der Waals surface area contributed by atoms with Crippen LogP contribution in [-0.2, 0) is 0 Å². The summed E-state index contributed by atoms with van der Waals surface area (Å²) in [4.78, 5) is 20.3. The fourth-order valence-corrected chi connectivity index (χ4v) is 2.29. The average Bonchev–Trinajstić information content (AvgIpc) is 2.55. The number of terminal acetylenes is 1. The summed E-state index contributed by atoms with van der Waals surface area (Å²) in [5.74, 6) is 2.63. The first-order valence-corrected chi connectivity index (χ1v) is 6.93. The molecule has 1 aromatic rings. The lowest BCUT2D eigenvalue weighted by molar-refractivity contribution is -0.393. The van der Waals surface area contributed by atoms with Gasteiger partial charge in [-0.2, -0.15) is 5.10 Å². The van der Waals surface area contributed by atoms with Gasteiger partial charge in [-0.15, -0.1) is 6.42 Å². The van der Waals surface area contributed by atoms with Crippen LogP contribution in [0.1, 0.15) is 25.7 Å². The summed E-state index contributed by atoms with van der Waals surface area (Å²) >= 11 is 0. The number of hydrogen-bond donors (Lipinski definition) is 1. The number of nitrogens with one attached hydrogen (secondary N) is 1. The first kappa shape index (κ1) is 16.2. The highest BCUT2D eigenvalue weighted by molar-refractivity contribution is 5.82. The number of nitro groups is 2. The number of allylic oxidation sites excluding steroid dienone is 2. The quantitative estimate of drug-likeness (QED) is 0.387. The van der Waals surface area contributed by atoms with Crippen molar-refractivity contribution >= 4 is 23.3 Å². The van der Waals surface area contributed by atoms with Gasteiger partial charge >= 0.3 is 5.69 Å². The largest absolute Gasteiger partial charge is 0.301 e. The Morgan fingerprint density at radius 1 is 1.22 bits per heavy atom. The van der Waals surface area contributed by atoms with E-state index in [1.54, 1.807) is 6.21 Å². The van der Waals surface area contributed by atoms with Gasteiger partial charge in [0.2, 0.25) is 0 Å². The van der Waals surface area contributed by atoms with E-state index >= 15 is 0 Å². The van der Waals surface area contributed by atoms with E-state index in [9.17, 15) is 20.2 Å². The summed E-state index contributed by atoms with van der Waals surface area (Å²) in [7, 11) is 0. The van der Waals surface area contributed by atoms with E-state index < -0.39 is 15.5 Å². The van der Waals surface area contributed by atoms with Gasteiger partial charge in [0.05, 0.1) is 22.1 Å². The third kappa shape index (κ3) is 3.91. The Bertz CT molecular complexity index is 746. The first-order chi connectivity index (χ1) is 11.0. The third-order valence-corrected chi connectivity index (χ3v) is 3.48. The van der Waals surface area contributed by atoms with Crippen LogP contribution in [0.2, 0.25) is 0 Å². The summed E-state index contributed by atoms with van der Waals surface area (Å²) in [5, 5.41) is 25.7. The molecule has 2 rings (SSSR count). The summed E-state index contributed by atoms with van der Waals surface area (Å²) < 4.78 is 0. The lowest BCUT2D eigenvalue weighted by atomic mass is 9.93. The number of anilines is 1. The molecule has 0 heterocycles. The van der Waals surface area contributed by atoms with Crippen LogP contribution in [0.25, 0.3) is 0 Å². The Hall–Kier alpha value is -3.21. The van der Waals surface area contributed by atoms with Crippen molar-refractivity contribution in [2.24, 2.45) is 5.10 Å². The number of rotatable bonds is 5. The predicted molar refractivity (Wildman–Crippen MR) is 86.2 cm³/mol. The van der Waals surface area contributed by atoms with Gasteiger partial charge in [0.1, 0.15) is 5.69 Å². The molecule has 8 nitrogen and oxygen atoms in total. The van der Waals surface area contributed by atoms with E-state index in [0.29, 0.717) is 0 Å². The summed E-state index contributed by atoms with van der Waals surface area (Å²) in [6.45, 7) is 0. The molecule has 0 radical (unpaired) electrons. The molecule has 1 aromatic carbocycles.